The van der Waals surface area contributed by atoms with Crippen molar-refractivity contribution in [1.29, 1.82) is 0 Å². The molecule has 2 N–H and O–H groups in total. The van der Waals surface area contributed by atoms with E-state index in [0.717, 1.165) is 51.0 Å². The van der Waals surface area contributed by atoms with Gasteiger partial charge in [-0.1, -0.05) is 6.42 Å². The zero-order valence-electron chi connectivity index (χ0n) is 13.5. The summed E-state index contributed by atoms with van der Waals surface area (Å²) in [5.74, 6) is 0.174. The average Bonchev–Trinajstić information content (AvgIpc) is 2.95. The molecule has 6 nitrogen and oxygen atoms in total. The number of nitrogens with one attached hydrogen (secondary N) is 2. The van der Waals surface area contributed by atoms with E-state index < -0.39 is 0 Å². The number of aryl methyl sites for hydroxylation is 1. The molecule has 2 aliphatic heterocycles. The number of nitrogens with zero attached hydrogens (tertiary/aromatic N) is 3. The van der Waals surface area contributed by atoms with E-state index >= 15 is 0 Å². The van der Waals surface area contributed by atoms with Crippen LogP contribution in [0.1, 0.15) is 32.1 Å². The predicted molar refractivity (Wildman–Crippen MR) is 96.7 cm³/mol. The Labute approximate surface area is 150 Å². The number of halogens is 2. The molecule has 2 aliphatic rings. The Hall–Kier alpha value is -0.980. The van der Waals surface area contributed by atoms with Crippen molar-refractivity contribution in [2.24, 2.45) is 7.05 Å². The van der Waals surface area contributed by atoms with E-state index in [-0.39, 0.29) is 42.8 Å². The molecule has 23 heavy (non-hydrogen) atoms. The first-order valence-electron chi connectivity index (χ1n) is 8.00. The van der Waals surface area contributed by atoms with Gasteiger partial charge in [-0.25, -0.2) is 0 Å². The molecule has 1 unspecified atom stereocenters. The maximum Gasteiger partial charge on any atom is 0.237 e. The zero-order chi connectivity index (χ0) is 14.7. The number of rotatable bonds is 3. The molecule has 1 aromatic rings. The Bertz CT molecular complexity index is 490. The minimum atomic E-state index is 0. The second-order valence-corrected chi connectivity index (χ2v) is 6.17. The third-order valence-corrected chi connectivity index (χ3v) is 4.45. The topological polar surface area (TPSA) is 62.2 Å². The monoisotopic (exact) mass is 363 g/mol. The van der Waals surface area contributed by atoms with E-state index in [4.69, 9.17) is 0 Å². The Balaban J connectivity index is 0.00000132. The van der Waals surface area contributed by atoms with Gasteiger partial charge < -0.3 is 15.5 Å². The second-order valence-electron chi connectivity index (χ2n) is 6.17. The molecule has 3 rings (SSSR count). The highest BCUT2D eigenvalue weighted by Gasteiger charge is 2.26. The summed E-state index contributed by atoms with van der Waals surface area (Å²) in [5.41, 5.74) is 1.15. The largest absolute Gasteiger partial charge is 0.367 e. The Morgan fingerprint density at radius 1 is 1.30 bits per heavy atom. The fourth-order valence-electron chi connectivity index (χ4n) is 3.28. The van der Waals surface area contributed by atoms with Crippen molar-refractivity contribution in [3.8, 4) is 0 Å². The first kappa shape index (κ1) is 20.1. The molecule has 2 fully saturated rings. The van der Waals surface area contributed by atoms with Crippen LogP contribution >= 0.6 is 24.8 Å². The van der Waals surface area contributed by atoms with Crippen LogP contribution in [0.25, 0.3) is 0 Å². The van der Waals surface area contributed by atoms with Gasteiger partial charge >= 0.3 is 0 Å². The lowest BCUT2D eigenvalue weighted by Crippen LogP contribution is -2.53. The first-order chi connectivity index (χ1) is 10.2. The van der Waals surface area contributed by atoms with Gasteiger partial charge in [0, 0.05) is 32.4 Å². The molecule has 0 aliphatic carbocycles. The number of carbonyl (C=O) groups is 1. The van der Waals surface area contributed by atoms with Crippen molar-refractivity contribution in [1.82, 2.24) is 20.4 Å². The van der Waals surface area contributed by atoms with Gasteiger partial charge in [0.2, 0.25) is 5.91 Å². The predicted octanol–water partition coefficient (Wildman–Crippen LogP) is 1.49. The van der Waals surface area contributed by atoms with Gasteiger partial charge in [0.1, 0.15) is 0 Å². The highest BCUT2D eigenvalue weighted by atomic mass is 35.5. The third kappa shape index (κ3) is 5.26. The minimum absolute atomic E-state index is 0. The van der Waals surface area contributed by atoms with Crippen molar-refractivity contribution in [3.63, 3.8) is 0 Å². The summed E-state index contributed by atoms with van der Waals surface area (Å²) in [5, 5.41) is 10.8. The van der Waals surface area contributed by atoms with Crippen LogP contribution in [0.15, 0.2) is 12.4 Å². The summed E-state index contributed by atoms with van der Waals surface area (Å²) < 4.78 is 1.82. The van der Waals surface area contributed by atoms with Gasteiger partial charge in [0.05, 0.1) is 17.9 Å². The van der Waals surface area contributed by atoms with Crippen molar-refractivity contribution in [3.05, 3.63) is 12.4 Å². The van der Waals surface area contributed by atoms with Crippen LogP contribution in [0.3, 0.4) is 0 Å². The van der Waals surface area contributed by atoms with Crippen molar-refractivity contribution >= 4 is 36.4 Å². The van der Waals surface area contributed by atoms with E-state index in [1.807, 2.05) is 24.1 Å². The fraction of sp³-hybridized carbons (Fsp3) is 0.733. The Kier molecular flexibility index (Phi) is 8.16. The lowest BCUT2D eigenvalue weighted by molar-refractivity contribution is -0.124. The van der Waals surface area contributed by atoms with Crippen LogP contribution in [0.2, 0.25) is 0 Å². The van der Waals surface area contributed by atoms with Gasteiger partial charge in [-0.05, 0) is 32.2 Å². The lowest BCUT2D eigenvalue weighted by Gasteiger charge is -2.35. The van der Waals surface area contributed by atoms with E-state index in [9.17, 15) is 4.79 Å². The van der Waals surface area contributed by atoms with Gasteiger partial charge in [0.25, 0.3) is 0 Å². The minimum Gasteiger partial charge on any atom is -0.367 e. The van der Waals surface area contributed by atoms with E-state index in [1.165, 1.54) is 6.42 Å². The molecule has 0 saturated carbocycles. The molecule has 1 aromatic heterocycles. The third-order valence-electron chi connectivity index (χ3n) is 4.45. The van der Waals surface area contributed by atoms with Crippen molar-refractivity contribution < 1.29 is 4.79 Å². The Morgan fingerprint density at radius 3 is 2.78 bits per heavy atom. The summed E-state index contributed by atoms with van der Waals surface area (Å²) in [6, 6.07) is 0.253. The SMILES string of the molecule is Cl.Cl.Cn1cc(N2CCCC(NC(=O)[C@H]3CCCCN3)C2)cn1. The molecule has 132 valence electrons. The van der Waals surface area contributed by atoms with E-state index in [0.29, 0.717) is 0 Å². The Morgan fingerprint density at radius 2 is 2.13 bits per heavy atom. The summed E-state index contributed by atoms with van der Waals surface area (Å²) in [4.78, 5) is 14.6. The molecule has 0 spiro atoms. The smallest absolute Gasteiger partial charge is 0.237 e. The number of anilines is 1. The van der Waals surface area contributed by atoms with Gasteiger partial charge in [-0.3, -0.25) is 9.48 Å². The maximum absolute atomic E-state index is 12.3. The summed E-state index contributed by atoms with van der Waals surface area (Å²) >= 11 is 0. The quantitative estimate of drug-likeness (QED) is 0.853. The van der Waals surface area contributed by atoms with E-state index in [1.54, 1.807) is 0 Å². The average molecular weight is 364 g/mol. The number of amides is 1. The van der Waals surface area contributed by atoms with Gasteiger partial charge in [0.15, 0.2) is 0 Å². The number of piperidine rings is 2. The normalized spacial score (nSPS) is 24.3. The fourth-order valence-corrected chi connectivity index (χ4v) is 3.28. The van der Waals surface area contributed by atoms with Crippen LogP contribution in [0, 0.1) is 0 Å². The first-order valence-corrected chi connectivity index (χ1v) is 8.00. The molecule has 0 aromatic carbocycles. The lowest BCUT2D eigenvalue weighted by atomic mass is 10.0. The highest BCUT2D eigenvalue weighted by molar-refractivity contribution is 5.85. The number of hydrogen-bond acceptors (Lipinski definition) is 4. The standard InChI is InChI=1S/C15H25N5O.2ClH/c1-19-11-13(9-17-19)20-8-4-5-12(10-20)18-15(21)14-6-2-3-7-16-14;;/h9,11-12,14,16H,2-8,10H2,1H3,(H,18,21);2*1H/t12?,14-;;/m1../s1. The van der Waals surface area contributed by atoms with Gasteiger partial charge in [-0.15, -0.1) is 24.8 Å². The maximum atomic E-state index is 12.3. The number of aromatic nitrogens is 2. The second kappa shape index (κ2) is 9.35. The summed E-state index contributed by atoms with van der Waals surface area (Å²) in [6.45, 7) is 2.88. The zero-order valence-corrected chi connectivity index (χ0v) is 15.2. The number of hydrogen-bond donors (Lipinski definition) is 2. The molecule has 2 atom stereocenters. The van der Waals surface area contributed by atoms with Crippen LogP contribution in [0.4, 0.5) is 5.69 Å². The summed E-state index contributed by atoms with van der Waals surface area (Å²) in [6.07, 6.45) is 9.40. The summed E-state index contributed by atoms with van der Waals surface area (Å²) in [7, 11) is 1.93. The van der Waals surface area contributed by atoms with Crippen LogP contribution in [-0.2, 0) is 11.8 Å². The van der Waals surface area contributed by atoms with Crippen molar-refractivity contribution in [2.75, 3.05) is 24.5 Å². The molecule has 2 saturated heterocycles. The number of carbonyl (C=O) groups excluding carboxylic acids is 1. The molecular weight excluding hydrogens is 337 g/mol. The van der Waals surface area contributed by atoms with E-state index in [2.05, 4.69) is 20.6 Å². The van der Waals surface area contributed by atoms with Crippen LogP contribution < -0.4 is 15.5 Å². The van der Waals surface area contributed by atoms with Gasteiger partial charge in [-0.2, -0.15) is 5.10 Å². The van der Waals surface area contributed by atoms with Crippen LogP contribution in [0.5, 0.6) is 0 Å². The highest BCUT2D eigenvalue weighted by Crippen LogP contribution is 2.19. The molecule has 3 heterocycles. The molecular formula is C15H27Cl2N5O. The molecule has 0 bridgehead atoms. The molecule has 1 amide bonds. The molecule has 8 heteroatoms. The van der Waals surface area contributed by atoms with Crippen molar-refractivity contribution in [2.45, 2.75) is 44.2 Å². The molecule has 0 radical (unpaired) electrons. The van der Waals surface area contributed by atoms with Crippen LogP contribution in [-0.4, -0.2) is 47.4 Å².